The smallest absolute Gasteiger partial charge is 0.128 e. The Hall–Kier alpha value is -1.68. The summed E-state index contributed by atoms with van der Waals surface area (Å²) in [6.07, 6.45) is 1.72. The molecule has 76 valence electrons. The summed E-state index contributed by atoms with van der Waals surface area (Å²) < 4.78 is 0. The molecule has 0 unspecified atom stereocenters. The number of aromatic nitrogens is 1. The lowest BCUT2D eigenvalue weighted by Gasteiger charge is -1.99. The van der Waals surface area contributed by atoms with Crippen molar-refractivity contribution in [3.8, 4) is 0 Å². The highest BCUT2D eigenvalue weighted by atomic mass is 32.1. The first kappa shape index (κ1) is 9.86. The summed E-state index contributed by atoms with van der Waals surface area (Å²) in [6.45, 7) is 1.92. The molecule has 4 heteroatoms. The standard InChI is InChI=1S/C11H10N2OS/c1-8-12-7-10(15-8)11(13-14)9-5-3-2-4-6-9/h2-7,14H,1H3. The summed E-state index contributed by atoms with van der Waals surface area (Å²) in [5.41, 5.74) is 1.46. The molecule has 0 saturated heterocycles. The Labute approximate surface area is 91.7 Å². The second-order valence-corrected chi connectivity index (χ2v) is 4.29. The van der Waals surface area contributed by atoms with Crippen LogP contribution in [0.25, 0.3) is 0 Å². The molecule has 2 rings (SSSR count). The Bertz CT molecular complexity index is 476. The van der Waals surface area contributed by atoms with Crippen molar-refractivity contribution in [3.05, 3.63) is 52.0 Å². The number of hydrogen-bond donors (Lipinski definition) is 1. The molecule has 0 aliphatic carbocycles. The van der Waals surface area contributed by atoms with Gasteiger partial charge in [-0.05, 0) is 6.92 Å². The highest BCUT2D eigenvalue weighted by Crippen LogP contribution is 2.17. The first-order chi connectivity index (χ1) is 7.31. The maximum Gasteiger partial charge on any atom is 0.128 e. The summed E-state index contributed by atoms with van der Waals surface area (Å²) in [7, 11) is 0. The average molecular weight is 218 g/mol. The summed E-state index contributed by atoms with van der Waals surface area (Å²) in [5.74, 6) is 0. The van der Waals surface area contributed by atoms with E-state index < -0.39 is 0 Å². The van der Waals surface area contributed by atoms with Crippen LogP contribution < -0.4 is 0 Å². The fourth-order valence-electron chi connectivity index (χ4n) is 1.32. The van der Waals surface area contributed by atoms with E-state index in [9.17, 15) is 0 Å². The molecule has 0 aliphatic rings. The molecule has 1 aromatic heterocycles. The van der Waals surface area contributed by atoms with Crippen molar-refractivity contribution in [2.75, 3.05) is 0 Å². The third kappa shape index (κ3) is 2.05. The van der Waals surface area contributed by atoms with E-state index in [2.05, 4.69) is 10.1 Å². The van der Waals surface area contributed by atoms with E-state index in [1.807, 2.05) is 37.3 Å². The fourth-order valence-corrected chi connectivity index (χ4v) is 2.10. The van der Waals surface area contributed by atoms with Gasteiger partial charge in [0.2, 0.25) is 0 Å². The van der Waals surface area contributed by atoms with Gasteiger partial charge in [-0.15, -0.1) is 11.3 Å². The Morgan fingerprint density at radius 1 is 1.33 bits per heavy atom. The number of nitrogens with zero attached hydrogens (tertiary/aromatic N) is 2. The van der Waals surface area contributed by atoms with E-state index in [-0.39, 0.29) is 0 Å². The lowest BCUT2D eigenvalue weighted by Crippen LogP contribution is -2.00. The van der Waals surface area contributed by atoms with E-state index in [0.717, 1.165) is 15.4 Å². The maximum absolute atomic E-state index is 9.01. The number of hydrogen-bond acceptors (Lipinski definition) is 4. The van der Waals surface area contributed by atoms with Gasteiger partial charge in [-0.25, -0.2) is 4.98 Å². The molecule has 1 N–H and O–H groups in total. The van der Waals surface area contributed by atoms with Crippen molar-refractivity contribution >= 4 is 17.0 Å². The minimum absolute atomic E-state index is 0.571. The molecule has 0 radical (unpaired) electrons. The van der Waals surface area contributed by atoms with Crippen molar-refractivity contribution in [1.29, 1.82) is 0 Å². The molecule has 0 amide bonds. The van der Waals surface area contributed by atoms with Crippen LogP contribution in [-0.4, -0.2) is 15.9 Å². The quantitative estimate of drug-likeness (QED) is 0.478. The molecule has 0 bridgehead atoms. The lowest BCUT2D eigenvalue weighted by atomic mass is 10.1. The Balaban J connectivity index is 2.43. The highest BCUT2D eigenvalue weighted by Gasteiger charge is 2.09. The molecule has 15 heavy (non-hydrogen) atoms. The van der Waals surface area contributed by atoms with Gasteiger partial charge in [0.15, 0.2) is 0 Å². The van der Waals surface area contributed by atoms with Crippen LogP contribution in [0.15, 0.2) is 41.7 Å². The molecular weight excluding hydrogens is 208 g/mol. The van der Waals surface area contributed by atoms with Crippen LogP contribution in [0.4, 0.5) is 0 Å². The van der Waals surface area contributed by atoms with Gasteiger partial charge in [0.25, 0.3) is 0 Å². The second kappa shape index (κ2) is 4.23. The topological polar surface area (TPSA) is 45.5 Å². The second-order valence-electron chi connectivity index (χ2n) is 3.06. The Kier molecular flexibility index (Phi) is 2.78. The normalized spacial score (nSPS) is 11.7. The first-order valence-electron chi connectivity index (χ1n) is 4.51. The minimum Gasteiger partial charge on any atom is -0.410 e. The van der Waals surface area contributed by atoms with E-state index in [1.54, 1.807) is 6.20 Å². The van der Waals surface area contributed by atoms with Gasteiger partial charge in [0.05, 0.1) is 9.88 Å². The molecule has 1 heterocycles. The van der Waals surface area contributed by atoms with Gasteiger partial charge < -0.3 is 5.21 Å². The monoisotopic (exact) mass is 218 g/mol. The van der Waals surface area contributed by atoms with Crippen molar-refractivity contribution in [2.45, 2.75) is 6.92 Å². The van der Waals surface area contributed by atoms with Gasteiger partial charge in [-0.3, -0.25) is 0 Å². The molecular formula is C11H10N2OS. The third-order valence-corrected chi connectivity index (χ3v) is 2.92. The zero-order chi connectivity index (χ0) is 10.7. The van der Waals surface area contributed by atoms with Crippen LogP contribution in [0.1, 0.15) is 15.4 Å². The predicted octanol–water partition coefficient (Wildman–Crippen LogP) is 2.68. The summed E-state index contributed by atoms with van der Waals surface area (Å²) in [4.78, 5) is 5.01. The predicted molar refractivity (Wildman–Crippen MR) is 60.7 cm³/mol. The molecule has 0 saturated carbocycles. The van der Waals surface area contributed by atoms with Crippen LogP contribution in [0.3, 0.4) is 0 Å². The SMILES string of the molecule is Cc1ncc(C(=NO)c2ccccc2)s1. The summed E-state index contributed by atoms with van der Waals surface area (Å²) >= 11 is 1.51. The number of thiazole rings is 1. The number of oxime groups is 1. The molecule has 1 aromatic carbocycles. The van der Waals surface area contributed by atoms with E-state index in [0.29, 0.717) is 5.71 Å². The first-order valence-corrected chi connectivity index (χ1v) is 5.33. The van der Waals surface area contributed by atoms with Crippen LogP contribution in [0, 0.1) is 6.92 Å². The molecule has 3 nitrogen and oxygen atoms in total. The number of aryl methyl sites for hydroxylation is 1. The van der Waals surface area contributed by atoms with Crippen LogP contribution in [-0.2, 0) is 0 Å². The molecule has 2 aromatic rings. The average Bonchev–Trinajstić information content (AvgIpc) is 2.68. The molecule has 0 fully saturated rings. The molecule has 0 spiro atoms. The van der Waals surface area contributed by atoms with Crippen LogP contribution in [0.2, 0.25) is 0 Å². The van der Waals surface area contributed by atoms with E-state index >= 15 is 0 Å². The van der Waals surface area contributed by atoms with Gasteiger partial charge in [-0.2, -0.15) is 0 Å². The van der Waals surface area contributed by atoms with Crippen molar-refractivity contribution in [2.24, 2.45) is 5.16 Å². The third-order valence-electron chi connectivity index (χ3n) is 2.00. The van der Waals surface area contributed by atoms with Crippen molar-refractivity contribution in [3.63, 3.8) is 0 Å². The Morgan fingerprint density at radius 3 is 2.60 bits per heavy atom. The molecule has 0 aliphatic heterocycles. The highest BCUT2D eigenvalue weighted by molar-refractivity contribution is 7.13. The Morgan fingerprint density at radius 2 is 2.07 bits per heavy atom. The zero-order valence-corrected chi connectivity index (χ0v) is 9.03. The molecule has 0 atom stereocenters. The summed E-state index contributed by atoms with van der Waals surface area (Å²) in [6, 6.07) is 9.56. The van der Waals surface area contributed by atoms with Gasteiger partial charge in [0.1, 0.15) is 5.71 Å². The van der Waals surface area contributed by atoms with E-state index in [4.69, 9.17) is 5.21 Å². The number of rotatable bonds is 2. The number of benzene rings is 1. The van der Waals surface area contributed by atoms with E-state index in [1.165, 1.54) is 11.3 Å². The van der Waals surface area contributed by atoms with Gasteiger partial charge in [0, 0.05) is 11.8 Å². The van der Waals surface area contributed by atoms with Crippen LogP contribution in [0.5, 0.6) is 0 Å². The summed E-state index contributed by atoms with van der Waals surface area (Å²) in [5, 5.41) is 13.3. The van der Waals surface area contributed by atoms with Gasteiger partial charge >= 0.3 is 0 Å². The van der Waals surface area contributed by atoms with Gasteiger partial charge in [-0.1, -0.05) is 35.5 Å². The zero-order valence-electron chi connectivity index (χ0n) is 8.21. The minimum atomic E-state index is 0.571. The lowest BCUT2D eigenvalue weighted by molar-refractivity contribution is 0.320. The largest absolute Gasteiger partial charge is 0.410 e. The van der Waals surface area contributed by atoms with Crippen LogP contribution >= 0.6 is 11.3 Å². The van der Waals surface area contributed by atoms with Crippen molar-refractivity contribution in [1.82, 2.24) is 4.98 Å². The fraction of sp³-hybridized carbons (Fsp3) is 0.0909. The maximum atomic E-state index is 9.01. The van der Waals surface area contributed by atoms with Crippen molar-refractivity contribution < 1.29 is 5.21 Å².